The second-order valence-electron chi connectivity index (χ2n) is 4.77. The highest BCUT2D eigenvalue weighted by Gasteiger charge is 2.20. The van der Waals surface area contributed by atoms with E-state index in [0.29, 0.717) is 5.56 Å². The van der Waals surface area contributed by atoms with Gasteiger partial charge in [0, 0.05) is 5.92 Å². The van der Waals surface area contributed by atoms with Gasteiger partial charge in [0.2, 0.25) is 0 Å². The standard InChI is InChI=1S/C14H16N2O3S2/c1-9-3-4-11(10(2)12-5-6-20-8-12)7-13(9)21(18,19)16-14(15)17/h3-8,10H,1-2H3,(H3,15,16,17). The molecule has 3 N–H and O–H groups in total. The summed E-state index contributed by atoms with van der Waals surface area (Å²) >= 11 is 1.59. The van der Waals surface area contributed by atoms with E-state index in [1.54, 1.807) is 35.1 Å². The largest absolute Gasteiger partial charge is 0.351 e. The van der Waals surface area contributed by atoms with E-state index in [1.807, 2.05) is 29.8 Å². The van der Waals surface area contributed by atoms with E-state index < -0.39 is 16.1 Å². The Labute approximate surface area is 127 Å². The molecule has 0 radical (unpaired) electrons. The molecule has 0 aliphatic carbocycles. The summed E-state index contributed by atoms with van der Waals surface area (Å²) in [7, 11) is -3.94. The van der Waals surface area contributed by atoms with Crippen molar-refractivity contribution in [1.82, 2.24) is 4.72 Å². The molecule has 112 valence electrons. The summed E-state index contributed by atoms with van der Waals surface area (Å²) in [5.74, 6) is 0.0689. The van der Waals surface area contributed by atoms with Gasteiger partial charge in [-0.2, -0.15) is 11.3 Å². The van der Waals surface area contributed by atoms with Crippen LogP contribution in [0.25, 0.3) is 0 Å². The van der Waals surface area contributed by atoms with E-state index in [2.05, 4.69) is 0 Å². The van der Waals surface area contributed by atoms with Gasteiger partial charge in [-0.15, -0.1) is 0 Å². The molecule has 5 nitrogen and oxygen atoms in total. The van der Waals surface area contributed by atoms with Crippen LogP contribution in [-0.2, 0) is 10.0 Å². The molecule has 0 saturated heterocycles. The first-order valence-corrected chi connectivity index (χ1v) is 8.69. The molecule has 1 aromatic heterocycles. The number of carbonyl (C=O) groups excluding carboxylic acids is 1. The van der Waals surface area contributed by atoms with E-state index >= 15 is 0 Å². The van der Waals surface area contributed by atoms with Crippen molar-refractivity contribution in [3.63, 3.8) is 0 Å². The van der Waals surface area contributed by atoms with E-state index in [9.17, 15) is 13.2 Å². The minimum Gasteiger partial charge on any atom is -0.351 e. The van der Waals surface area contributed by atoms with Gasteiger partial charge in [-0.25, -0.2) is 17.9 Å². The quantitative estimate of drug-likeness (QED) is 0.905. The van der Waals surface area contributed by atoms with Gasteiger partial charge in [0.1, 0.15) is 0 Å². The first-order chi connectivity index (χ1) is 9.81. The van der Waals surface area contributed by atoms with Gasteiger partial charge in [0.25, 0.3) is 10.0 Å². The molecular weight excluding hydrogens is 308 g/mol. The Balaban J connectivity index is 2.45. The Bertz CT molecular complexity index is 753. The van der Waals surface area contributed by atoms with Crippen molar-refractivity contribution in [2.75, 3.05) is 0 Å². The predicted molar refractivity (Wildman–Crippen MR) is 82.9 cm³/mol. The van der Waals surface area contributed by atoms with Gasteiger partial charge in [0.05, 0.1) is 4.90 Å². The molecule has 0 aliphatic heterocycles. The van der Waals surface area contributed by atoms with Gasteiger partial charge >= 0.3 is 6.03 Å². The molecule has 1 aromatic carbocycles. The number of hydrogen-bond donors (Lipinski definition) is 2. The number of nitrogens with two attached hydrogens (primary N) is 1. The third-order valence-corrected chi connectivity index (χ3v) is 5.47. The number of aryl methyl sites for hydroxylation is 1. The van der Waals surface area contributed by atoms with Gasteiger partial charge in [-0.1, -0.05) is 19.1 Å². The van der Waals surface area contributed by atoms with Gasteiger partial charge in [0.15, 0.2) is 0 Å². The van der Waals surface area contributed by atoms with Crippen LogP contribution >= 0.6 is 11.3 Å². The summed E-state index contributed by atoms with van der Waals surface area (Å²) in [5.41, 5.74) is 7.46. The Morgan fingerprint density at radius 1 is 1.29 bits per heavy atom. The Morgan fingerprint density at radius 3 is 2.57 bits per heavy atom. The maximum Gasteiger partial charge on any atom is 0.326 e. The lowest BCUT2D eigenvalue weighted by Crippen LogP contribution is -2.35. The molecule has 7 heteroatoms. The fourth-order valence-corrected chi connectivity index (χ4v) is 3.99. The smallest absolute Gasteiger partial charge is 0.326 e. The summed E-state index contributed by atoms with van der Waals surface area (Å²) in [6.07, 6.45) is 0. The van der Waals surface area contributed by atoms with Crippen molar-refractivity contribution in [2.24, 2.45) is 5.73 Å². The summed E-state index contributed by atoms with van der Waals surface area (Å²) in [4.78, 5) is 10.9. The third kappa shape index (κ3) is 3.43. The van der Waals surface area contributed by atoms with Crippen LogP contribution in [-0.4, -0.2) is 14.4 Å². The van der Waals surface area contributed by atoms with Crippen molar-refractivity contribution in [2.45, 2.75) is 24.7 Å². The molecular formula is C14H16N2O3S2. The van der Waals surface area contributed by atoms with Gasteiger partial charge < -0.3 is 5.73 Å². The van der Waals surface area contributed by atoms with E-state index in [0.717, 1.165) is 11.1 Å². The number of urea groups is 1. The summed E-state index contributed by atoms with van der Waals surface area (Å²) in [6.45, 7) is 3.68. The van der Waals surface area contributed by atoms with Crippen LogP contribution in [0.2, 0.25) is 0 Å². The highest BCUT2D eigenvalue weighted by atomic mass is 32.2. The minimum absolute atomic E-state index is 0.0689. The summed E-state index contributed by atoms with van der Waals surface area (Å²) in [5, 5.41) is 4.01. The molecule has 1 unspecified atom stereocenters. The number of primary amides is 1. The van der Waals surface area contributed by atoms with Crippen LogP contribution in [0.4, 0.5) is 4.79 Å². The fraction of sp³-hybridized carbons (Fsp3) is 0.214. The molecule has 0 bridgehead atoms. The zero-order valence-electron chi connectivity index (χ0n) is 11.7. The van der Waals surface area contributed by atoms with Crippen molar-refractivity contribution in [1.29, 1.82) is 0 Å². The molecule has 1 atom stereocenters. The molecule has 2 amide bonds. The maximum absolute atomic E-state index is 12.1. The number of nitrogens with one attached hydrogen (secondary N) is 1. The third-order valence-electron chi connectivity index (χ3n) is 3.28. The maximum atomic E-state index is 12.1. The monoisotopic (exact) mass is 324 g/mol. The van der Waals surface area contributed by atoms with Crippen LogP contribution in [0.5, 0.6) is 0 Å². The normalized spacial score (nSPS) is 12.9. The molecule has 1 heterocycles. The van der Waals surface area contributed by atoms with E-state index in [-0.39, 0.29) is 10.8 Å². The highest BCUT2D eigenvalue weighted by molar-refractivity contribution is 7.90. The number of benzene rings is 1. The lowest BCUT2D eigenvalue weighted by molar-refractivity contribution is 0.253. The van der Waals surface area contributed by atoms with E-state index in [1.165, 1.54) is 0 Å². The van der Waals surface area contributed by atoms with Crippen LogP contribution < -0.4 is 10.5 Å². The zero-order chi connectivity index (χ0) is 15.6. The van der Waals surface area contributed by atoms with Crippen molar-refractivity contribution < 1.29 is 13.2 Å². The van der Waals surface area contributed by atoms with Gasteiger partial charge in [-0.3, -0.25) is 0 Å². The molecule has 0 saturated carbocycles. The SMILES string of the molecule is Cc1ccc(C(C)c2ccsc2)cc1S(=O)(=O)NC(N)=O. The first kappa shape index (κ1) is 15.5. The average Bonchev–Trinajstić information content (AvgIpc) is 2.90. The number of sulfonamides is 1. The first-order valence-electron chi connectivity index (χ1n) is 6.26. The molecule has 0 spiro atoms. The Morgan fingerprint density at radius 2 is 2.00 bits per heavy atom. The molecule has 21 heavy (non-hydrogen) atoms. The number of carbonyl (C=O) groups is 1. The van der Waals surface area contributed by atoms with Crippen LogP contribution in [0, 0.1) is 6.92 Å². The number of thiophene rings is 1. The van der Waals surface area contributed by atoms with Crippen molar-refractivity contribution in [3.05, 3.63) is 51.7 Å². The molecule has 2 rings (SSSR count). The molecule has 0 fully saturated rings. The van der Waals surface area contributed by atoms with Crippen LogP contribution in [0.3, 0.4) is 0 Å². The highest BCUT2D eigenvalue weighted by Crippen LogP contribution is 2.28. The minimum atomic E-state index is -3.94. The second-order valence-corrected chi connectivity index (χ2v) is 7.20. The van der Waals surface area contributed by atoms with Crippen LogP contribution in [0.1, 0.15) is 29.5 Å². The predicted octanol–water partition coefficient (Wildman–Crippen LogP) is 2.57. The lowest BCUT2D eigenvalue weighted by atomic mass is 9.95. The van der Waals surface area contributed by atoms with Crippen molar-refractivity contribution >= 4 is 27.4 Å². The lowest BCUT2D eigenvalue weighted by Gasteiger charge is -2.14. The van der Waals surface area contributed by atoms with E-state index in [4.69, 9.17) is 5.73 Å². The van der Waals surface area contributed by atoms with Crippen molar-refractivity contribution in [3.8, 4) is 0 Å². The number of rotatable bonds is 4. The number of amides is 2. The molecule has 2 aromatic rings. The van der Waals surface area contributed by atoms with Gasteiger partial charge in [-0.05, 0) is 46.5 Å². The summed E-state index contributed by atoms with van der Waals surface area (Å²) in [6, 6.07) is 6.12. The van der Waals surface area contributed by atoms with Crippen LogP contribution in [0.15, 0.2) is 39.9 Å². The molecule has 0 aliphatic rings. The Kier molecular flexibility index (Phi) is 4.34. The average molecular weight is 324 g/mol. The fourth-order valence-electron chi connectivity index (χ4n) is 2.08. The Hall–Kier alpha value is -1.86. The second kappa shape index (κ2) is 5.87. The summed E-state index contributed by atoms with van der Waals surface area (Å²) < 4.78 is 26.0. The topological polar surface area (TPSA) is 89.3 Å². The zero-order valence-corrected chi connectivity index (χ0v) is 13.3. The number of hydrogen-bond acceptors (Lipinski definition) is 4.